The molecule has 1 atom stereocenters. The van der Waals surface area contributed by atoms with Crippen LogP contribution in [0.4, 0.5) is 0 Å². The third-order valence-corrected chi connectivity index (χ3v) is 6.63. The first-order chi connectivity index (χ1) is 17.5. The highest BCUT2D eigenvalue weighted by molar-refractivity contribution is 7.59. The minimum atomic E-state index is -0.853. The minimum absolute atomic E-state index is 0. The molecule has 6 heteroatoms. The number of aliphatic carboxylic acids is 1. The first kappa shape index (κ1) is 28.2. The second kappa shape index (κ2) is 13.8. The normalized spacial score (nSPS) is 13.4. The summed E-state index contributed by atoms with van der Waals surface area (Å²) in [6.45, 7) is 5.32. The average molecular weight is 518 g/mol. The molecule has 0 aromatic heterocycles. The van der Waals surface area contributed by atoms with Crippen LogP contribution in [0.25, 0.3) is 0 Å². The van der Waals surface area contributed by atoms with Gasteiger partial charge in [-0.05, 0) is 71.8 Å². The van der Waals surface area contributed by atoms with Crippen LogP contribution < -0.4 is 9.47 Å². The van der Waals surface area contributed by atoms with E-state index >= 15 is 0 Å². The largest absolute Gasteiger partial charge is 0.497 e. The Hall–Kier alpha value is -3.40. The second-order valence-corrected chi connectivity index (χ2v) is 9.13. The lowest BCUT2D eigenvalue weighted by atomic mass is 9.96. The number of nitrogens with zero attached hydrogens (tertiary/aromatic N) is 1. The van der Waals surface area contributed by atoms with Crippen molar-refractivity contribution in [1.29, 1.82) is 0 Å². The summed E-state index contributed by atoms with van der Waals surface area (Å²) in [5.74, 6) is 6.33. The molecule has 5 nitrogen and oxygen atoms in total. The molecule has 0 fully saturated rings. The maximum absolute atomic E-state index is 11.1. The standard InChI is InChI=1S/C31H33NO4.H2S/c1-3-4-26(20-31(33)34)25-9-12-29(13-10-25)36-22-24-7-5-23(6-8-24)15-17-32-18-16-27-19-30(35-2)14-11-28(27)21-32;/h5-14,19,26H,15-18,20-22H2,1-2H3,(H,33,34);1H2/t26-;/m0./s1. The van der Waals surface area contributed by atoms with E-state index in [2.05, 4.69) is 59.2 Å². The van der Waals surface area contributed by atoms with Crippen LogP contribution in [-0.2, 0) is 30.8 Å². The van der Waals surface area contributed by atoms with Gasteiger partial charge >= 0.3 is 5.97 Å². The van der Waals surface area contributed by atoms with Crippen LogP contribution in [0.5, 0.6) is 11.5 Å². The van der Waals surface area contributed by atoms with E-state index in [4.69, 9.17) is 14.6 Å². The van der Waals surface area contributed by atoms with Gasteiger partial charge in [-0.25, -0.2) is 0 Å². The molecule has 0 radical (unpaired) electrons. The Kier molecular flexibility index (Phi) is 10.5. The first-order valence-electron chi connectivity index (χ1n) is 12.4. The topological polar surface area (TPSA) is 59.0 Å². The average Bonchev–Trinajstić information content (AvgIpc) is 2.90. The van der Waals surface area contributed by atoms with Gasteiger partial charge in [0.05, 0.1) is 19.4 Å². The maximum atomic E-state index is 11.1. The molecule has 0 unspecified atom stereocenters. The van der Waals surface area contributed by atoms with Crippen LogP contribution in [0.2, 0.25) is 0 Å². The van der Waals surface area contributed by atoms with Crippen LogP contribution in [-0.4, -0.2) is 36.2 Å². The second-order valence-electron chi connectivity index (χ2n) is 9.13. The summed E-state index contributed by atoms with van der Waals surface area (Å²) >= 11 is 0. The quantitative estimate of drug-likeness (QED) is 0.357. The number of fused-ring (bicyclic) bond motifs is 1. The number of rotatable bonds is 10. The van der Waals surface area contributed by atoms with Crippen LogP contribution in [0.15, 0.2) is 66.7 Å². The van der Waals surface area contributed by atoms with Gasteiger partial charge in [0.1, 0.15) is 18.1 Å². The molecule has 4 rings (SSSR count). The Balaban J connectivity index is 0.00000380. The molecule has 1 heterocycles. The summed E-state index contributed by atoms with van der Waals surface area (Å²) in [5, 5.41) is 9.11. The third kappa shape index (κ3) is 8.04. The molecular formula is C31H35NO4S. The predicted octanol–water partition coefficient (Wildman–Crippen LogP) is 5.57. The van der Waals surface area contributed by atoms with Crippen molar-refractivity contribution >= 4 is 19.5 Å². The van der Waals surface area contributed by atoms with E-state index in [1.807, 2.05) is 24.3 Å². The Labute approximate surface area is 226 Å². The summed E-state index contributed by atoms with van der Waals surface area (Å²) in [4.78, 5) is 13.6. The molecule has 0 bridgehead atoms. The number of benzene rings is 3. The van der Waals surface area contributed by atoms with Crippen molar-refractivity contribution in [3.05, 3.63) is 94.5 Å². The van der Waals surface area contributed by atoms with E-state index in [0.29, 0.717) is 6.61 Å². The van der Waals surface area contributed by atoms with E-state index in [9.17, 15) is 4.79 Å². The molecule has 1 aliphatic rings. The van der Waals surface area contributed by atoms with E-state index in [0.717, 1.165) is 55.1 Å². The predicted molar refractivity (Wildman–Crippen MR) is 152 cm³/mol. The zero-order valence-electron chi connectivity index (χ0n) is 21.5. The summed E-state index contributed by atoms with van der Waals surface area (Å²) in [7, 11) is 1.72. The van der Waals surface area contributed by atoms with Crippen molar-refractivity contribution in [2.45, 2.75) is 45.3 Å². The van der Waals surface area contributed by atoms with Gasteiger partial charge in [0.2, 0.25) is 0 Å². The van der Waals surface area contributed by atoms with E-state index in [-0.39, 0.29) is 25.8 Å². The molecule has 0 aliphatic carbocycles. The van der Waals surface area contributed by atoms with Crippen LogP contribution in [0.3, 0.4) is 0 Å². The van der Waals surface area contributed by atoms with Gasteiger partial charge in [0.15, 0.2) is 0 Å². The van der Waals surface area contributed by atoms with Gasteiger partial charge in [0, 0.05) is 19.6 Å². The fourth-order valence-corrected chi connectivity index (χ4v) is 4.56. The molecule has 37 heavy (non-hydrogen) atoms. The SMILES string of the molecule is CC#C[C@@H](CC(=O)O)c1ccc(OCc2ccc(CCN3CCc4cc(OC)ccc4C3)cc2)cc1.S. The highest BCUT2D eigenvalue weighted by Crippen LogP contribution is 2.25. The van der Waals surface area contributed by atoms with Crippen LogP contribution >= 0.6 is 13.5 Å². The van der Waals surface area contributed by atoms with E-state index < -0.39 is 5.97 Å². The van der Waals surface area contributed by atoms with Gasteiger partial charge in [-0.1, -0.05) is 48.4 Å². The van der Waals surface area contributed by atoms with Crippen molar-refractivity contribution in [2.75, 3.05) is 20.2 Å². The molecule has 3 aromatic carbocycles. The smallest absolute Gasteiger partial charge is 0.304 e. The molecule has 0 saturated carbocycles. The number of carbonyl (C=O) groups is 1. The number of carboxylic acids is 1. The first-order valence-corrected chi connectivity index (χ1v) is 12.4. The molecule has 194 valence electrons. The molecule has 0 spiro atoms. The van der Waals surface area contributed by atoms with E-state index in [1.165, 1.54) is 16.7 Å². The molecule has 1 N–H and O–H groups in total. The van der Waals surface area contributed by atoms with Crippen molar-refractivity contribution in [1.82, 2.24) is 4.90 Å². The summed E-state index contributed by atoms with van der Waals surface area (Å²) < 4.78 is 11.3. The maximum Gasteiger partial charge on any atom is 0.304 e. The van der Waals surface area contributed by atoms with Gasteiger partial charge in [-0.3, -0.25) is 9.69 Å². The van der Waals surface area contributed by atoms with Crippen molar-refractivity contribution in [3.63, 3.8) is 0 Å². The molecule has 1 aliphatic heterocycles. The minimum Gasteiger partial charge on any atom is -0.497 e. The lowest BCUT2D eigenvalue weighted by Crippen LogP contribution is -2.32. The number of methoxy groups -OCH3 is 1. The zero-order chi connectivity index (χ0) is 25.3. The van der Waals surface area contributed by atoms with E-state index in [1.54, 1.807) is 14.0 Å². The van der Waals surface area contributed by atoms with Gasteiger partial charge in [0.25, 0.3) is 0 Å². The zero-order valence-corrected chi connectivity index (χ0v) is 22.5. The number of hydrogen-bond acceptors (Lipinski definition) is 4. The lowest BCUT2D eigenvalue weighted by Gasteiger charge is -2.29. The Morgan fingerprint density at radius 2 is 1.70 bits per heavy atom. The van der Waals surface area contributed by atoms with Gasteiger partial charge in [-0.2, -0.15) is 13.5 Å². The van der Waals surface area contributed by atoms with Gasteiger partial charge < -0.3 is 14.6 Å². The van der Waals surface area contributed by atoms with Crippen LogP contribution in [0, 0.1) is 11.8 Å². The lowest BCUT2D eigenvalue weighted by molar-refractivity contribution is -0.137. The number of carboxylic acid groups (broad SMARTS) is 1. The van der Waals surface area contributed by atoms with Crippen molar-refractivity contribution in [3.8, 4) is 23.3 Å². The summed E-state index contributed by atoms with van der Waals surface area (Å²) in [6, 6.07) is 22.6. The summed E-state index contributed by atoms with van der Waals surface area (Å²) in [5.41, 5.74) is 6.13. The van der Waals surface area contributed by atoms with Crippen LogP contribution in [0.1, 0.15) is 47.1 Å². The molecule has 3 aromatic rings. The third-order valence-electron chi connectivity index (χ3n) is 6.63. The monoisotopic (exact) mass is 517 g/mol. The van der Waals surface area contributed by atoms with Gasteiger partial charge in [-0.15, -0.1) is 5.92 Å². The molecule has 0 amide bonds. The number of hydrogen-bond donors (Lipinski definition) is 1. The molecule has 0 saturated heterocycles. The number of ether oxygens (including phenoxy) is 2. The Morgan fingerprint density at radius 3 is 2.38 bits per heavy atom. The fourth-order valence-electron chi connectivity index (χ4n) is 4.56. The van der Waals surface area contributed by atoms with Crippen molar-refractivity contribution < 1.29 is 19.4 Å². The summed E-state index contributed by atoms with van der Waals surface area (Å²) in [6.07, 6.45) is 2.08. The highest BCUT2D eigenvalue weighted by Gasteiger charge is 2.17. The fraction of sp³-hybridized carbons (Fsp3) is 0.323. The Morgan fingerprint density at radius 1 is 1.00 bits per heavy atom. The highest BCUT2D eigenvalue weighted by atomic mass is 32.1. The Bertz CT molecular complexity index is 1230. The molecular weight excluding hydrogens is 482 g/mol. The van der Waals surface area contributed by atoms with Crippen molar-refractivity contribution in [2.24, 2.45) is 0 Å².